The summed E-state index contributed by atoms with van der Waals surface area (Å²) < 4.78 is 4.79. The first-order chi connectivity index (χ1) is 12.2. The molecule has 4 heteroatoms. The number of pyridine rings is 1. The van der Waals surface area contributed by atoms with Gasteiger partial charge in [0.1, 0.15) is 0 Å². The molecule has 0 aliphatic heterocycles. The Morgan fingerprint density at radius 2 is 1.84 bits per heavy atom. The zero-order chi connectivity index (χ0) is 17.3. The van der Waals surface area contributed by atoms with Crippen molar-refractivity contribution < 1.29 is 9.53 Å². The van der Waals surface area contributed by atoms with E-state index < -0.39 is 0 Å². The van der Waals surface area contributed by atoms with E-state index in [9.17, 15) is 4.79 Å². The summed E-state index contributed by atoms with van der Waals surface area (Å²) in [4.78, 5) is 16.3. The Kier molecular flexibility index (Phi) is 3.88. The number of aromatic nitrogens is 1. The second-order valence-corrected chi connectivity index (χ2v) is 6.50. The molecule has 1 N–H and O–H groups in total. The lowest BCUT2D eigenvalue weighted by molar-refractivity contribution is -0.139. The van der Waals surface area contributed by atoms with E-state index >= 15 is 0 Å². The van der Waals surface area contributed by atoms with E-state index in [1.807, 2.05) is 30.3 Å². The number of ether oxygens (including phenoxy) is 1. The third-order valence-electron chi connectivity index (χ3n) is 4.77. The topological polar surface area (TPSA) is 51.2 Å². The van der Waals surface area contributed by atoms with Crippen LogP contribution in [0.5, 0.6) is 0 Å². The Hall–Kier alpha value is -2.88. The number of anilines is 1. The Morgan fingerprint density at radius 1 is 1.12 bits per heavy atom. The standard InChI is InChI=1S/C21H20N2O2/c1-25-20(24)14-16-13-19(17-9-5-6-10-18(17)22-16)23-21(11-12-21)15-7-3-2-4-8-15/h2-10,13H,11-12,14H2,1H3,(H,22,23). The smallest absolute Gasteiger partial charge is 0.311 e. The first kappa shape index (κ1) is 15.6. The predicted octanol–water partition coefficient (Wildman–Crippen LogP) is 4.05. The van der Waals surface area contributed by atoms with Crippen molar-refractivity contribution >= 4 is 22.6 Å². The zero-order valence-corrected chi connectivity index (χ0v) is 14.2. The molecule has 0 bridgehead atoms. The van der Waals surface area contributed by atoms with Gasteiger partial charge in [0.25, 0.3) is 0 Å². The second kappa shape index (κ2) is 6.20. The number of benzene rings is 2. The van der Waals surface area contributed by atoms with Gasteiger partial charge in [-0.1, -0.05) is 48.5 Å². The van der Waals surface area contributed by atoms with Crippen LogP contribution in [0.4, 0.5) is 5.69 Å². The van der Waals surface area contributed by atoms with Gasteiger partial charge in [0.15, 0.2) is 0 Å². The van der Waals surface area contributed by atoms with Crippen LogP contribution in [0, 0.1) is 0 Å². The molecular formula is C21H20N2O2. The van der Waals surface area contributed by atoms with Crippen molar-refractivity contribution in [1.82, 2.24) is 4.98 Å². The van der Waals surface area contributed by atoms with Crippen LogP contribution in [0.2, 0.25) is 0 Å². The van der Waals surface area contributed by atoms with Gasteiger partial charge in [0, 0.05) is 11.1 Å². The Balaban J connectivity index is 1.74. The van der Waals surface area contributed by atoms with Crippen molar-refractivity contribution in [1.29, 1.82) is 0 Å². The van der Waals surface area contributed by atoms with Crippen LogP contribution in [0.25, 0.3) is 10.9 Å². The molecule has 1 saturated carbocycles. The quantitative estimate of drug-likeness (QED) is 0.716. The monoisotopic (exact) mass is 332 g/mol. The number of para-hydroxylation sites is 1. The van der Waals surface area contributed by atoms with Crippen LogP contribution in [0.1, 0.15) is 24.1 Å². The van der Waals surface area contributed by atoms with Crippen LogP contribution in [-0.4, -0.2) is 18.1 Å². The van der Waals surface area contributed by atoms with Crippen molar-refractivity contribution in [2.75, 3.05) is 12.4 Å². The summed E-state index contributed by atoms with van der Waals surface area (Å²) in [5, 5.41) is 4.80. The average molecular weight is 332 g/mol. The molecule has 3 aromatic rings. The van der Waals surface area contributed by atoms with Crippen molar-refractivity contribution in [2.45, 2.75) is 24.8 Å². The molecule has 1 fully saturated rings. The third kappa shape index (κ3) is 3.07. The Bertz CT molecular complexity index is 918. The van der Waals surface area contributed by atoms with E-state index in [0.29, 0.717) is 0 Å². The number of nitrogens with zero attached hydrogens (tertiary/aromatic N) is 1. The highest BCUT2D eigenvalue weighted by Crippen LogP contribution is 2.49. The first-order valence-corrected chi connectivity index (χ1v) is 8.49. The van der Waals surface area contributed by atoms with Gasteiger partial charge in [-0.25, -0.2) is 0 Å². The summed E-state index contributed by atoms with van der Waals surface area (Å²) in [6.07, 6.45) is 2.37. The summed E-state index contributed by atoms with van der Waals surface area (Å²) in [7, 11) is 1.40. The second-order valence-electron chi connectivity index (χ2n) is 6.50. The van der Waals surface area contributed by atoms with Gasteiger partial charge in [-0.2, -0.15) is 0 Å². The Labute approximate surface area is 146 Å². The van der Waals surface area contributed by atoms with Gasteiger partial charge in [-0.15, -0.1) is 0 Å². The number of esters is 1. The third-order valence-corrected chi connectivity index (χ3v) is 4.77. The van der Waals surface area contributed by atoms with Gasteiger partial charge >= 0.3 is 5.97 Å². The summed E-state index contributed by atoms with van der Waals surface area (Å²) in [5.74, 6) is -0.280. The zero-order valence-electron chi connectivity index (χ0n) is 14.2. The number of hydrogen-bond acceptors (Lipinski definition) is 4. The highest BCUT2D eigenvalue weighted by Gasteiger charge is 2.44. The van der Waals surface area contributed by atoms with E-state index in [1.165, 1.54) is 12.7 Å². The van der Waals surface area contributed by atoms with Crippen LogP contribution in [0.15, 0.2) is 60.7 Å². The molecule has 25 heavy (non-hydrogen) atoms. The number of hydrogen-bond donors (Lipinski definition) is 1. The van der Waals surface area contributed by atoms with E-state index in [-0.39, 0.29) is 17.9 Å². The minimum absolute atomic E-state index is 0.0199. The minimum Gasteiger partial charge on any atom is -0.469 e. The molecular weight excluding hydrogens is 312 g/mol. The Morgan fingerprint density at radius 3 is 2.56 bits per heavy atom. The molecule has 0 amide bonds. The number of carbonyl (C=O) groups is 1. The normalized spacial score (nSPS) is 14.9. The van der Waals surface area contributed by atoms with Crippen LogP contribution in [-0.2, 0) is 21.5 Å². The van der Waals surface area contributed by atoms with Crippen LogP contribution < -0.4 is 5.32 Å². The molecule has 0 radical (unpaired) electrons. The number of rotatable bonds is 5. The summed E-state index contributed by atoms with van der Waals surface area (Å²) in [6, 6.07) is 20.5. The van der Waals surface area contributed by atoms with Crippen molar-refractivity contribution in [3.8, 4) is 0 Å². The summed E-state index contributed by atoms with van der Waals surface area (Å²) in [5.41, 5.74) is 3.90. The molecule has 2 aromatic carbocycles. The molecule has 4 rings (SSSR count). The lowest BCUT2D eigenvalue weighted by Crippen LogP contribution is -2.19. The highest BCUT2D eigenvalue weighted by atomic mass is 16.5. The first-order valence-electron chi connectivity index (χ1n) is 8.49. The number of methoxy groups -OCH3 is 1. The fourth-order valence-electron chi connectivity index (χ4n) is 3.27. The van der Waals surface area contributed by atoms with Gasteiger partial charge in [-0.05, 0) is 30.5 Å². The van der Waals surface area contributed by atoms with Gasteiger partial charge in [0.2, 0.25) is 0 Å². The summed E-state index contributed by atoms with van der Waals surface area (Å²) in [6.45, 7) is 0. The minimum atomic E-state index is -0.280. The molecule has 0 atom stereocenters. The lowest BCUT2D eigenvalue weighted by Gasteiger charge is -2.21. The van der Waals surface area contributed by atoms with Crippen molar-refractivity contribution in [3.05, 3.63) is 71.9 Å². The molecule has 1 aromatic heterocycles. The van der Waals surface area contributed by atoms with E-state index in [4.69, 9.17) is 4.74 Å². The maximum atomic E-state index is 11.7. The van der Waals surface area contributed by atoms with Gasteiger partial charge in [0.05, 0.1) is 30.3 Å². The molecule has 4 nitrogen and oxygen atoms in total. The fraction of sp³-hybridized carbons (Fsp3) is 0.238. The molecule has 0 saturated heterocycles. The highest BCUT2D eigenvalue weighted by molar-refractivity contribution is 5.92. The molecule has 126 valence electrons. The van der Waals surface area contributed by atoms with Crippen LogP contribution in [0.3, 0.4) is 0 Å². The van der Waals surface area contributed by atoms with Gasteiger partial charge in [-0.3, -0.25) is 9.78 Å². The molecule has 0 unspecified atom stereocenters. The lowest BCUT2D eigenvalue weighted by atomic mass is 10.0. The number of fused-ring (bicyclic) bond motifs is 1. The number of nitrogens with one attached hydrogen (secondary N) is 1. The largest absolute Gasteiger partial charge is 0.469 e. The molecule has 0 spiro atoms. The van der Waals surface area contributed by atoms with E-state index in [0.717, 1.165) is 35.1 Å². The fourth-order valence-corrected chi connectivity index (χ4v) is 3.27. The number of carbonyl (C=O) groups excluding carboxylic acids is 1. The summed E-state index contributed by atoms with van der Waals surface area (Å²) >= 11 is 0. The molecule has 1 aliphatic carbocycles. The van der Waals surface area contributed by atoms with E-state index in [1.54, 1.807) is 0 Å². The van der Waals surface area contributed by atoms with Crippen molar-refractivity contribution in [2.24, 2.45) is 0 Å². The van der Waals surface area contributed by atoms with E-state index in [2.05, 4.69) is 40.6 Å². The molecule has 1 heterocycles. The SMILES string of the molecule is COC(=O)Cc1cc(NC2(c3ccccc3)CC2)c2ccccc2n1. The van der Waals surface area contributed by atoms with Gasteiger partial charge < -0.3 is 10.1 Å². The average Bonchev–Trinajstić information content (AvgIpc) is 3.43. The van der Waals surface area contributed by atoms with Crippen LogP contribution >= 0.6 is 0 Å². The molecule has 1 aliphatic rings. The predicted molar refractivity (Wildman–Crippen MR) is 98.4 cm³/mol. The maximum absolute atomic E-state index is 11.7. The van der Waals surface area contributed by atoms with Crippen molar-refractivity contribution in [3.63, 3.8) is 0 Å². The maximum Gasteiger partial charge on any atom is 0.311 e.